The Morgan fingerprint density at radius 3 is 2.65 bits per heavy atom. The molecule has 0 aliphatic heterocycles. The highest BCUT2D eigenvalue weighted by Gasteiger charge is 2.39. The molecule has 0 atom stereocenters. The van der Waals surface area contributed by atoms with Crippen LogP contribution in [0.1, 0.15) is 58.2 Å². The summed E-state index contributed by atoms with van der Waals surface area (Å²) in [5.74, 6) is 1.00. The molecule has 20 heavy (non-hydrogen) atoms. The summed E-state index contributed by atoms with van der Waals surface area (Å²) in [5, 5.41) is 4.48. The van der Waals surface area contributed by atoms with Crippen LogP contribution >= 0.6 is 0 Å². The van der Waals surface area contributed by atoms with Gasteiger partial charge in [-0.3, -0.25) is 9.48 Å². The topological polar surface area (TPSA) is 60.9 Å². The van der Waals surface area contributed by atoms with Gasteiger partial charge >= 0.3 is 0 Å². The van der Waals surface area contributed by atoms with Gasteiger partial charge in [-0.2, -0.15) is 5.10 Å². The Bertz CT molecular complexity index is 456. The molecule has 1 aliphatic carbocycles. The summed E-state index contributed by atoms with van der Waals surface area (Å²) in [4.78, 5) is 12.7. The second kappa shape index (κ2) is 6.08. The first-order chi connectivity index (χ1) is 9.47. The summed E-state index contributed by atoms with van der Waals surface area (Å²) in [6, 6.07) is 2.28. The molecule has 1 aromatic heterocycles. The number of nitrogens with two attached hydrogens (primary N) is 1. The Morgan fingerprint density at radius 2 is 2.15 bits per heavy atom. The lowest BCUT2D eigenvalue weighted by Gasteiger charge is -2.37. The van der Waals surface area contributed by atoms with Crippen molar-refractivity contribution in [3.8, 4) is 0 Å². The van der Waals surface area contributed by atoms with Crippen molar-refractivity contribution in [2.45, 2.75) is 58.9 Å². The zero-order valence-corrected chi connectivity index (χ0v) is 12.9. The van der Waals surface area contributed by atoms with E-state index >= 15 is 0 Å². The Kier molecular flexibility index (Phi) is 4.63. The first-order valence-electron chi connectivity index (χ1n) is 7.74. The Hall–Kier alpha value is -1.16. The van der Waals surface area contributed by atoms with Crippen LogP contribution in [0.15, 0.2) is 12.3 Å². The lowest BCUT2D eigenvalue weighted by Crippen LogP contribution is -2.42. The highest BCUT2D eigenvalue weighted by molar-refractivity contribution is 5.86. The average molecular weight is 277 g/mol. The molecule has 0 unspecified atom stereocenters. The molecule has 0 saturated heterocycles. The maximum atomic E-state index is 12.7. The number of hydrogen-bond donors (Lipinski definition) is 1. The minimum absolute atomic E-state index is 0.279. The first-order valence-corrected chi connectivity index (χ1v) is 7.74. The fourth-order valence-corrected chi connectivity index (χ4v) is 3.02. The van der Waals surface area contributed by atoms with Crippen LogP contribution in [0, 0.1) is 11.3 Å². The summed E-state index contributed by atoms with van der Waals surface area (Å²) in [6.07, 6.45) is 6.48. The predicted molar refractivity (Wildman–Crippen MR) is 80.4 cm³/mol. The molecule has 2 N–H and O–H groups in total. The fraction of sp³-hybridized carbons (Fsp3) is 0.750. The molecule has 112 valence electrons. The van der Waals surface area contributed by atoms with Crippen molar-refractivity contribution < 1.29 is 4.79 Å². The summed E-state index contributed by atoms with van der Waals surface area (Å²) in [5.41, 5.74) is 6.52. The number of nitrogens with zero attached hydrogens (tertiary/aromatic N) is 2. The molecule has 1 aromatic rings. The summed E-state index contributed by atoms with van der Waals surface area (Å²) < 4.78 is 1.90. The molecular formula is C16H27N3O. The van der Waals surface area contributed by atoms with E-state index in [4.69, 9.17) is 5.73 Å². The van der Waals surface area contributed by atoms with E-state index in [1.807, 2.05) is 16.9 Å². The maximum absolute atomic E-state index is 12.7. The number of Topliss-reactive ketones (excluding diaryl/α,β-unsaturated/α-hetero) is 1. The van der Waals surface area contributed by atoms with Crippen LogP contribution in [0.3, 0.4) is 0 Å². The van der Waals surface area contributed by atoms with Gasteiger partial charge in [0.15, 0.2) is 0 Å². The molecule has 4 nitrogen and oxygen atoms in total. The van der Waals surface area contributed by atoms with Gasteiger partial charge in [0.1, 0.15) is 5.78 Å². The van der Waals surface area contributed by atoms with Crippen molar-refractivity contribution in [3.05, 3.63) is 18.0 Å². The molecule has 0 bridgehead atoms. The van der Waals surface area contributed by atoms with Crippen LogP contribution in [0.25, 0.3) is 0 Å². The van der Waals surface area contributed by atoms with Crippen LogP contribution in [0.5, 0.6) is 0 Å². The Balaban J connectivity index is 2.05. The summed E-state index contributed by atoms with van der Waals surface area (Å²) in [7, 11) is 0. The second-order valence-electron chi connectivity index (χ2n) is 6.65. The van der Waals surface area contributed by atoms with E-state index in [0.29, 0.717) is 19.0 Å². The van der Waals surface area contributed by atoms with Crippen LogP contribution in [-0.4, -0.2) is 22.1 Å². The standard InChI is InChI=1S/C16H27N3O/c1-12(2)19-9-6-14(18-19)10-15(20)16(11-17)7-4-13(3)5-8-16/h6,9,12-13H,4-5,7-8,10-11,17H2,1-3H3. The van der Waals surface area contributed by atoms with Gasteiger partial charge in [-0.15, -0.1) is 0 Å². The van der Waals surface area contributed by atoms with Crippen molar-refractivity contribution in [2.24, 2.45) is 17.1 Å². The number of ketones is 1. The Morgan fingerprint density at radius 1 is 1.50 bits per heavy atom. The average Bonchev–Trinajstić information content (AvgIpc) is 2.88. The van der Waals surface area contributed by atoms with Gasteiger partial charge in [0.05, 0.1) is 12.1 Å². The van der Waals surface area contributed by atoms with E-state index in [9.17, 15) is 4.79 Å². The SMILES string of the molecule is CC1CCC(CN)(C(=O)Cc2ccn(C(C)C)n2)CC1. The third kappa shape index (κ3) is 3.11. The van der Waals surface area contributed by atoms with Crippen LogP contribution in [-0.2, 0) is 11.2 Å². The predicted octanol–water partition coefficient (Wildman–Crippen LogP) is 2.73. The fourth-order valence-electron chi connectivity index (χ4n) is 3.02. The van der Waals surface area contributed by atoms with Gasteiger partial charge < -0.3 is 5.73 Å². The van der Waals surface area contributed by atoms with Gasteiger partial charge in [-0.1, -0.05) is 6.92 Å². The highest BCUT2D eigenvalue weighted by Crippen LogP contribution is 2.39. The third-order valence-electron chi connectivity index (χ3n) is 4.75. The zero-order valence-electron chi connectivity index (χ0n) is 12.9. The molecule has 0 spiro atoms. The minimum atomic E-state index is -0.297. The zero-order chi connectivity index (χ0) is 14.8. The molecular weight excluding hydrogens is 250 g/mol. The van der Waals surface area contributed by atoms with Gasteiger partial charge in [0.2, 0.25) is 0 Å². The largest absolute Gasteiger partial charge is 0.329 e. The van der Waals surface area contributed by atoms with E-state index in [1.165, 1.54) is 0 Å². The summed E-state index contributed by atoms with van der Waals surface area (Å²) in [6.45, 7) is 6.91. The second-order valence-corrected chi connectivity index (χ2v) is 6.65. The quantitative estimate of drug-likeness (QED) is 0.900. The highest BCUT2D eigenvalue weighted by atomic mass is 16.1. The van der Waals surface area contributed by atoms with Gasteiger partial charge in [0.25, 0.3) is 0 Å². The Labute approximate surface area is 121 Å². The molecule has 4 heteroatoms. The van der Waals surface area contributed by atoms with E-state index < -0.39 is 0 Å². The minimum Gasteiger partial charge on any atom is -0.329 e. The number of hydrogen-bond acceptors (Lipinski definition) is 3. The number of rotatable bonds is 5. The van der Waals surface area contributed by atoms with E-state index in [-0.39, 0.29) is 11.2 Å². The number of carbonyl (C=O) groups excluding carboxylic acids is 1. The van der Waals surface area contributed by atoms with Crippen LogP contribution in [0.2, 0.25) is 0 Å². The molecule has 1 fully saturated rings. The first kappa shape index (κ1) is 15.2. The normalized spacial score (nSPS) is 26.9. The monoisotopic (exact) mass is 277 g/mol. The van der Waals surface area contributed by atoms with Gasteiger partial charge in [0, 0.05) is 24.2 Å². The molecule has 2 rings (SSSR count). The van der Waals surface area contributed by atoms with E-state index in [1.54, 1.807) is 0 Å². The van der Waals surface area contributed by atoms with Crippen molar-refractivity contribution in [1.82, 2.24) is 9.78 Å². The number of aromatic nitrogens is 2. The van der Waals surface area contributed by atoms with Gasteiger partial charge in [-0.25, -0.2) is 0 Å². The van der Waals surface area contributed by atoms with E-state index in [0.717, 1.165) is 37.3 Å². The van der Waals surface area contributed by atoms with Gasteiger partial charge in [-0.05, 0) is 51.5 Å². The molecule has 0 radical (unpaired) electrons. The molecule has 0 amide bonds. The van der Waals surface area contributed by atoms with Crippen molar-refractivity contribution in [3.63, 3.8) is 0 Å². The van der Waals surface area contributed by atoms with Crippen molar-refractivity contribution in [2.75, 3.05) is 6.54 Å². The van der Waals surface area contributed by atoms with E-state index in [2.05, 4.69) is 25.9 Å². The van der Waals surface area contributed by atoms with Crippen molar-refractivity contribution in [1.29, 1.82) is 0 Å². The van der Waals surface area contributed by atoms with Crippen LogP contribution < -0.4 is 5.73 Å². The van der Waals surface area contributed by atoms with Crippen LogP contribution in [0.4, 0.5) is 0 Å². The third-order valence-corrected chi connectivity index (χ3v) is 4.75. The summed E-state index contributed by atoms with van der Waals surface area (Å²) >= 11 is 0. The molecule has 1 saturated carbocycles. The van der Waals surface area contributed by atoms with Crippen molar-refractivity contribution >= 4 is 5.78 Å². The molecule has 1 heterocycles. The number of carbonyl (C=O) groups is 1. The maximum Gasteiger partial charge on any atom is 0.146 e. The lowest BCUT2D eigenvalue weighted by molar-refractivity contribution is -0.129. The molecule has 1 aliphatic rings. The molecule has 0 aromatic carbocycles. The lowest BCUT2D eigenvalue weighted by atomic mass is 9.67. The smallest absolute Gasteiger partial charge is 0.146 e.